The van der Waals surface area contributed by atoms with Crippen molar-refractivity contribution in [3.8, 4) is 0 Å². The van der Waals surface area contributed by atoms with Gasteiger partial charge >= 0.3 is 6.18 Å². The number of benzene rings is 2. The van der Waals surface area contributed by atoms with E-state index in [1.165, 1.54) is 24.3 Å². The molecule has 5 rings (SSSR count). The van der Waals surface area contributed by atoms with Crippen LogP contribution in [0.15, 0.2) is 48.5 Å². The maximum Gasteiger partial charge on any atom is 0.416 e. The van der Waals surface area contributed by atoms with Crippen LogP contribution in [0.5, 0.6) is 0 Å². The van der Waals surface area contributed by atoms with Crippen LogP contribution in [0.25, 0.3) is 10.9 Å². The van der Waals surface area contributed by atoms with Gasteiger partial charge in [-0.2, -0.15) is 13.2 Å². The van der Waals surface area contributed by atoms with Crippen molar-refractivity contribution >= 4 is 16.6 Å². The SMILES string of the molecule is Fc1ccc2[nH]c(CN[C@H]3CC[C@@H]4CN(c5cccc(C(F)(F)F)c5)C[C@@H]43)cc2c1. The van der Waals surface area contributed by atoms with Gasteiger partial charge < -0.3 is 15.2 Å². The topological polar surface area (TPSA) is 31.1 Å². The van der Waals surface area contributed by atoms with Gasteiger partial charge in [0.1, 0.15) is 5.82 Å². The van der Waals surface area contributed by atoms with E-state index in [9.17, 15) is 17.6 Å². The van der Waals surface area contributed by atoms with Crippen molar-refractivity contribution in [1.29, 1.82) is 0 Å². The minimum absolute atomic E-state index is 0.250. The van der Waals surface area contributed by atoms with Gasteiger partial charge in [0.05, 0.1) is 5.56 Å². The van der Waals surface area contributed by atoms with Crippen molar-refractivity contribution in [2.45, 2.75) is 31.6 Å². The predicted octanol–water partition coefficient (Wildman–Crippen LogP) is 5.33. The normalized spacial score (nSPS) is 24.0. The van der Waals surface area contributed by atoms with Gasteiger partial charge in [0, 0.05) is 48.0 Å². The third-order valence-electron chi connectivity index (χ3n) is 6.59. The molecule has 0 unspecified atom stereocenters. The van der Waals surface area contributed by atoms with E-state index in [0.29, 0.717) is 30.1 Å². The van der Waals surface area contributed by atoms with Crippen LogP contribution >= 0.6 is 0 Å². The fraction of sp³-hybridized carbons (Fsp3) is 0.391. The maximum atomic E-state index is 13.4. The fourth-order valence-corrected chi connectivity index (χ4v) is 5.11. The Morgan fingerprint density at radius 2 is 1.90 bits per heavy atom. The van der Waals surface area contributed by atoms with Gasteiger partial charge in [0.25, 0.3) is 0 Å². The number of anilines is 1. The lowest BCUT2D eigenvalue weighted by molar-refractivity contribution is -0.137. The molecule has 2 aliphatic rings. The number of nitrogens with one attached hydrogen (secondary N) is 2. The molecule has 2 heterocycles. The number of rotatable bonds is 4. The Kier molecular flexibility index (Phi) is 4.73. The Hall–Kier alpha value is -2.54. The molecule has 30 heavy (non-hydrogen) atoms. The van der Waals surface area contributed by atoms with Crippen LogP contribution in [0.4, 0.5) is 23.2 Å². The largest absolute Gasteiger partial charge is 0.416 e. The van der Waals surface area contributed by atoms with Gasteiger partial charge in [-0.15, -0.1) is 0 Å². The molecule has 1 aromatic heterocycles. The molecule has 0 amide bonds. The van der Waals surface area contributed by atoms with Crippen LogP contribution in [-0.4, -0.2) is 24.1 Å². The van der Waals surface area contributed by atoms with Gasteiger partial charge in [-0.1, -0.05) is 6.07 Å². The highest BCUT2D eigenvalue weighted by atomic mass is 19.4. The minimum Gasteiger partial charge on any atom is -0.371 e. The number of aromatic nitrogens is 1. The molecule has 3 aromatic rings. The van der Waals surface area contributed by atoms with E-state index in [2.05, 4.69) is 15.2 Å². The minimum atomic E-state index is -4.32. The lowest BCUT2D eigenvalue weighted by Crippen LogP contribution is -2.35. The van der Waals surface area contributed by atoms with Gasteiger partial charge in [0.2, 0.25) is 0 Å². The number of fused-ring (bicyclic) bond motifs is 2. The third kappa shape index (κ3) is 3.67. The first kappa shape index (κ1) is 19.4. The fourth-order valence-electron chi connectivity index (χ4n) is 5.11. The molecule has 1 saturated heterocycles. The molecule has 1 saturated carbocycles. The van der Waals surface area contributed by atoms with E-state index in [1.54, 1.807) is 12.1 Å². The standard InChI is InChI=1S/C23H23F4N3/c24-17-5-7-21-15(8-17)9-18(29-21)11-28-22-6-4-14-12-30(13-20(14)22)19-3-1-2-16(10-19)23(25,26)27/h1-3,5,7-10,14,20,22,28-29H,4,6,11-13H2/t14-,20+,22+/m1/s1. The molecule has 2 aromatic carbocycles. The number of H-pyrrole nitrogens is 1. The molecule has 0 radical (unpaired) electrons. The average molecular weight is 417 g/mol. The highest BCUT2D eigenvalue weighted by Gasteiger charge is 2.42. The van der Waals surface area contributed by atoms with E-state index < -0.39 is 11.7 Å². The van der Waals surface area contributed by atoms with Gasteiger partial charge in [-0.25, -0.2) is 4.39 Å². The number of hydrogen-bond acceptors (Lipinski definition) is 2. The molecule has 2 N–H and O–H groups in total. The number of halogens is 4. The Labute approximate surface area is 172 Å². The predicted molar refractivity (Wildman–Crippen MR) is 109 cm³/mol. The summed E-state index contributed by atoms with van der Waals surface area (Å²) in [5.41, 5.74) is 1.97. The summed E-state index contributed by atoms with van der Waals surface area (Å²) >= 11 is 0. The second kappa shape index (κ2) is 7.30. The Bertz CT molecular complexity index is 1060. The second-order valence-electron chi connectivity index (χ2n) is 8.47. The molecule has 0 bridgehead atoms. The van der Waals surface area contributed by atoms with E-state index in [1.807, 2.05) is 6.07 Å². The molecule has 1 aliphatic heterocycles. The van der Waals surface area contributed by atoms with Crippen LogP contribution in [0.2, 0.25) is 0 Å². The zero-order valence-corrected chi connectivity index (χ0v) is 16.3. The smallest absolute Gasteiger partial charge is 0.371 e. The molecule has 7 heteroatoms. The molecular weight excluding hydrogens is 394 g/mol. The summed E-state index contributed by atoms with van der Waals surface area (Å²) in [5.74, 6) is 0.663. The van der Waals surface area contributed by atoms with Crippen molar-refractivity contribution < 1.29 is 17.6 Å². The van der Waals surface area contributed by atoms with Crippen LogP contribution in [-0.2, 0) is 12.7 Å². The third-order valence-corrected chi connectivity index (χ3v) is 6.59. The molecule has 158 valence electrons. The Morgan fingerprint density at radius 3 is 2.73 bits per heavy atom. The first-order valence-electron chi connectivity index (χ1n) is 10.3. The summed E-state index contributed by atoms with van der Waals surface area (Å²) in [5, 5.41) is 4.48. The van der Waals surface area contributed by atoms with Crippen molar-refractivity contribution in [3.05, 3.63) is 65.6 Å². The summed E-state index contributed by atoms with van der Waals surface area (Å²) in [7, 11) is 0. The van der Waals surface area contributed by atoms with E-state index in [-0.39, 0.29) is 5.82 Å². The van der Waals surface area contributed by atoms with E-state index >= 15 is 0 Å². The zero-order valence-electron chi connectivity index (χ0n) is 16.3. The van der Waals surface area contributed by atoms with Crippen molar-refractivity contribution in [2.24, 2.45) is 11.8 Å². The van der Waals surface area contributed by atoms with Crippen molar-refractivity contribution in [2.75, 3.05) is 18.0 Å². The Morgan fingerprint density at radius 1 is 1.03 bits per heavy atom. The highest BCUT2D eigenvalue weighted by Crippen LogP contribution is 2.41. The number of nitrogens with zero attached hydrogens (tertiary/aromatic N) is 1. The van der Waals surface area contributed by atoms with E-state index in [0.717, 1.165) is 48.6 Å². The molecule has 1 aliphatic carbocycles. The Balaban J connectivity index is 1.25. The van der Waals surface area contributed by atoms with Crippen LogP contribution in [0, 0.1) is 17.7 Å². The van der Waals surface area contributed by atoms with Crippen LogP contribution < -0.4 is 10.2 Å². The van der Waals surface area contributed by atoms with E-state index in [4.69, 9.17) is 0 Å². The van der Waals surface area contributed by atoms with Crippen molar-refractivity contribution in [1.82, 2.24) is 10.3 Å². The van der Waals surface area contributed by atoms with Crippen LogP contribution in [0.3, 0.4) is 0 Å². The summed E-state index contributed by atoms with van der Waals surface area (Å²) in [4.78, 5) is 5.40. The lowest BCUT2D eigenvalue weighted by atomic mass is 9.98. The summed E-state index contributed by atoms with van der Waals surface area (Å²) in [6, 6.07) is 12.6. The van der Waals surface area contributed by atoms with Gasteiger partial charge in [-0.05, 0) is 67.1 Å². The van der Waals surface area contributed by atoms with Gasteiger partial charge in [-0.3, -0.25) is 0 Å². The molecule has 3 atom stereocenters. The monoisotopic (exact) mass is 417 g/mol. The van der Waals surface area contributed by atoms with Gasteiger partial charge in [0.15, 0.2) is 0 Å². The summed E-state index contributed by atoms with van der Waals surface area (Å²) in [6.45, 7) is 2.23. The second-order valence-corrected chi connectivity index (χ2v) is 8.47. The first-order valence-corrected chi connectivity index (χ1v) is 10.3. The van der Waals surface area contributed by atoms with Crippen molar-refractivity contribution in [3.63, 3.8) is 0 Å². The molecule has 0 spiro atoms. The molecular formula is C23H23F4N3. The maximum absolute atomic E-state index is 13.4. The lowest BCUT2D eigenvalue weighted by Gasteiger charge is -2.23. The molecule has 2 fully saturated rings. The summed E-state index contributed by atoms with van der Waals surface area (Å²) in [6.07, 6.45) is -2.17. The first-order chi connectivity index (χ1) is 14.4. The number of aromatic amines is 1. The number of hydrogen-bond donors (Lipinski definition) is 2. The highest BCUT2D eigenvalue weighted by molar-refractivity contribution is 5.80. The summed E-state index contributed by atoms with van der Waals surface area (Å²) < 4.78 is 52.6. The molecule has 3 nitrogen and oxygen atoms in total. The zero-order chi connectivity index (χ0) is 20.9. The van der Waals surface area contributed by atoms with Crippen LogP contribution in [0.1, 0.15) is 24.1 Å². The number of alkyl halides is 3. The quantitative estimate of drug-likeness (QED) is 0.562. The average Bonchev–Trinajstić information content (AvgIpc) is 3.39.